The van der Waals surface area contributed by atoms with Gasteiger partial charge in [-0.1, -0.05) is 0 Å². The van der Waals surface area contributed by atoms with Gasteiger partial charge >= 0.3 is 5.97 Å². The van der Waals surface area contributed by atoms with Gasteiger partial charge in [0.25, 0.3) is 5.91 Å². The van der Waals surface area contributed by atoms with E-state index in [2.05, 4.69) is 4.98 Å². The van der Waals surface area contributed by atoms with Gasteiger partial charge < -0.3 is 9.84 Å². The van der Waals surface area contributed by atoms with Crippen LogP contribution in [0.5, 0.6) is 5.75 Å². The maximum absolute atomic E-state index is 13.9. The molecule has 0 fully saturated rings. The third kappa shape index (κ3) is 3.15. The van der Waals surface area contributed by atoms with Crippen LogP contribution >= 0.6 is 11.3 Å². The summed E-state index contributed by atoms with van der Waals surface area (Å²) in [6, 6.07) is 5.80. The second kappa shape index (κ2) is 6.79. The number of nitrogens with zero attached hydrogens (tertiary/aromatic N) is 2. The molecule has 10 heteroatoms. The Morgan fingerprint density at radius 1 is 1.25 bits per heavy atom. The third-order valence-electron chi connectivity index (χ3n) is 4.17. The Balaban J connectivity index is 1.74. The Hall–Kier alpha value is -3.14. The van der Waals surface area contributed by atoms with Crippen molar-refractivity contribution in [3.63, 3.8) is 0 Å². The fourth-order valence-corrected chi connectivity index (χ4v) is 3.92. The van der Waals surface area contributed by atoms with E-state index in [4.69, 9.17) is 9.84 Å². The Bertz CT molecular complexity index is 1120. The number of halogens is 3. The van der Waals surface area contributed by atoms with Crippen molar-refractivity contribution in [3.8, 4) is 5.75 Å². The van der Waals surface area contributed by atoms with E-state index in [-0.39, 0.29) is 28.2 Å². The zero-order chi connectivity index (χ0) is 20.0. The fraction of sp³-hybridized carbons (Fsp3) is 0.167. The van der Waals surface area contributed by atoms with Crippen molar-refractivity contribution in [1.82, 2.24) is 4.98 Å². The maximum Gasteiger partial charge on any atom is 0.307 e. The highest BCUT2D eigenvalue weighted by molar-refractivity contribution is 7.18. The quantitative estimate of drug-likeness (QED) is 0.715. The third-order valence-corrected chi connectivity index (χ3v) is 5.22. The molecular weight excluding hydrogens is 397 g/mol. The molecule has 1 unspecified atom stereocenters. The van der Waals surface area contributed by atoms with Crippen LogP contribution < -0.4 is 9.64 Å². The van der Waals surface area contributed by atoms with Crippen molar-refractivity contribution >= 4 is 39.1 Å². The van der Waals surface area contributed by atoms with Gasteiger partial charge in [0.05, 0.1) is 28.9 Å². The zero-order valence-corrected chi connectivity index (χ0v) is 14.8. The summed E-state index contributed by atoms with van der Waals surface area (Å²) in [7, 11) is 0. The van der Waals surface area contributed by atoms with Crippen LogP contribution in [-0.4, -0.2) is 28.1 Å². The molecule has 144 valence electrons. The summed E-state index contributed by atoms with van der Waals surface area (Å²) in [5.74, 6) is -4.53. The van der Waals surface area contributed by atoms with E-state index in [9.17, 15) is 22.8 Å². The van der Waals surface area contributed by atoms with Crippen LogP contribution in [0.4, 0.5) is 18.9 Å². The van der Waals surface area contributed by atoms with E-state index in [0.717, 1.165) is 29.5 Å². The average Bonchev–Trinajstić information content (AvgIpc) is 3.05. The van der Waals surface area contributed by atoms with Gasteiger partial charge in [0.1, 0.15) is 16.6 Å². The summed E-state index contributed by atoms with van der Waals surface area (Å²) < 4.78 is 46.3. The molecule has 1 atom stereocenters. The van der Waals surface area contributed by atoms with Crippen molar-refractivity contribution < 1.29 is 32.6 Å². The number of hydrogen-bond acceptors (Lipinski definition) is 5. The summed E-state index contributed by atoms with van der Waals surface area (Å²) >= 11 is 0.875. The lowest BCUT2D eigenvalue weighted by Crippen LogP contribution is -2.46. The normalized spacial score (nSPS) is 16.2. The van der Waals surface area contributed by atoms with E-state index in [1.165, 1.54) is 17.0 Å². The molecule has 2 heterocycles. The first-order chi connectivity index (χ1) is 13.3. The largest absolute Gasteiger partial charge is 0.481 e. The smallest absolute Gasteiger partial charge is 0.307 e. The van der Waals surface area contributed by atoms with Crippen LogP contribution in [-0.2, 0) is 16.1 Å². The van der Waals surface area contributed by atoms with Gasteiger partial charge in [0, 0.05) is 6.07 Å². The standard InChI is InChI=1S/C18H11F3N2O4S/c19-8-1-4-11-12(5-8)27-13(6-15(24)25)18(26)23(11)7-14-22-10-3-2-9(20)16(21)17(10)28-14/h1-5,13H,6-7H2,(H,24,25). The minimum atomic E-state index is -1.34. The number of anilines is 1. The summed E-state index contributed by atoms with van der Waals surface area (Å²) in [4.78, 5) is 29.2. The summed E-state index contributed by atoms with van der Waals surface area (Å²) in [6.45, 7) is -0.128. The van der Waals surface area contributed by atoms with Crippen LogP contribution in [0.25, 0.3) is 10.2 Å². The number of carbonyl (C=O) groups is 2. The van der Waals surface area contributed by atoms with Crippen molar-refractivity contribution in [3.05, 3.63) is 52.8 Å². The Morgan fingerprint density at radius 3 is 2.79 bits per heavy atom. The first-order valence-electron chi connectivity index (χ1n) is 8.06. The van der Waals surface area contributed by atoms with Crippen molar-refractivity contribution in [1.29, 1.82) is 0 Å². The number of ether oxygens (including phenoxy) is 1. The molecule has 1 aliphatic rings. The number of fused-ring (bicyclic) bond motifs is 2. The lowest BCUT2D eigenvalue weighted by molar-refractivity contribution is -0.142. The molecule has 3 aromatic rings. The van der Waals surface area contributed by atoms with Crippen LogP contribution in [0.1, 0.15) is 11.4 Å². The number of thiazole rings is 1. The van der Waals surface area contributed by atoms with Gasteiger partial charge in [0.2, 0.25) is 0 Å². The van der Waals surface area contributed by atoms with E-state index < -0.39 is 41.9 Å². The highest BCUT2D eigenvalue weighted by Gasteiger charge is 2.36. The second-order valence-corrected chi connectivity index (χ2v) is 7.14. The number of hydrogen-bond donors (Lipinski definition) is 1. The van der Waals surface area contributed by atoms with Crippen LogP contribution in [0.3, 0.4) is 0 Å². The molecular formula is C18H11F3N2O4S. The molecule has 4 rings (SSSR count). The Morgan fingerprint density at radius 2 is 2.04 bits per heavy atom. The van der Waals surface area contributed by atoms with Crippen LogP contribution in [0, 0.1) is 17.5 Å². The Labute approximate surface area is 159 Å². The molecule has 1 amide bonds. The van der Waals surface area contributed by atoms with Gasteiger partial charge in [0.15, 0.2) is 17.7 Å². The molecule has 1 aromatic heterocycles. The van der Waals surface area contributed by atoms with Gasteiger partial charge in [-0.25, -0.2) is 18.2 Å². The van der Waals surface area contributed by atoms with E-state index in [1.54, 1.807) is 0 Å². The van der Waals surface area contributed by atoms with Crippen molar-refractivity contribution in [2.75, 3.05) is 4.90 Å². The number of amides is 1. The highest BCUT2D eigenvalue weighted by Crippen LogP contribution is 2.37. The van der Waals surface area contributed by atoms with Gasteiger partial charge in [-0.2, -0.15) is 0 Å². The van der Waals surface area contributed by atoms with E-state index in [0.29, 0.717) is 5.01 Å². The van der Waals surface area contributed by atoms with Crippen LogP contribution in [0.15, 0.2) is 30.3 Å². The molecule has 1 N–H and O–H groups in total. The van der Waals surface area contributed by atoms with Crippen molar-refractivity contribution in [2.24, 2.45) is 0 Å². The molecule has 1 aliphatic heterocycles. The van der Waals surface area contributed by atoms with Crippen molar-refractivity contribution in [2.45, 2.75) is 19.1 Å². The predicted octanol–water partition coefficient (Wildman–Crippen LogP) is 3.48. The molecule has 0 spiro atoms. The first kappa shape index (κ1) is 18.2. The molecule has 0 saturated heterocycles. The SMILES string of the molecule is O=C(O)CC1Oc2cc(F)ccc2N(Cc2nc3ccc(F)c(F)c3s2)C1=O. The number of aromatic nitrogens is 1. The molecule has 6 nitrogen and oxygen atoms in total. The number of carbonyl (C=O) groups excluding carboxylic acids is 1. The number of carboxylic acid groups (broad SMARTS) is 1. The lowest BCUT2D eigenvalue weighted by Gasteiger charge is -2.33. The summed E-state index contributed by atoms with van der Waals surface area (Å²) in [5, 5.41) is 9.31. The highest BCUT2D eigenvalue weighted by atomic mass is 32.1. The second-order valence-electron chi connectivity index (χ2n) is 6.06. The van der Waals surface area contributed by atoms with E-state index >= 15 is 0 Å². The molecule has 0 radical (unpaired) electrons. The number of rotatable bonds is 4. The summed E-state index contributed by atoms with van der Waals surface area (Å²) in [5.41, 5.74) is 0.472. The van der Waals surface area contributed by atoms with Gasteiger partial charge in [-0.15, -0.1) is 11.3 Å². The van der Waals surface area contributed by atoms with E-state index in [1.807, 2.05) is 0 Å². The summed E-state index contributed by atoms with van der Waals surface area (Å²) in [6.07, 6.45) is -1.94. The predicted molar refractivity (Wildman–Crippen MR) is 93.8 cm³/mol. The molecule has 0 saturated carbocycles. The fourth-order valence-electron chi connectivity index (χ4n) is 2.94. The number of carboxylic acids is 1. The average molecular weight is 408 g/mol. The van der Waals surface area contributed by atoms with Gasteiger partial charge in [-0.05, 0) is 24.3 Å². The number of benzene rings is 2. The number of aliphatic carboxylic acids is 1. The maximum atomic E-state index is 13.9. The minimum absolute atomic E-state index is 0.0112. The topological polar surface area (TPSA) is 79.7 Å². The first-order valence-corrected chi connectivity index (χ1v) is 8.88. The van der Waals surface area contributed by atoms with Gasteiger partial charge in [-0.3, -0.25) is 14.5 Å². The van der Waals surface area contributed by atoms with Crippen LogP contribution in [0.2, 0.25) is 0 Å². The molecule has 28 heavy (non-hydrogen) atoms. The monoisotopic (exact) mass is 408 g/mol. The lowest BCUT2D eigenvalue weighted by atomic mass is 10.1. The molecule has 0 aliphatic carbocycles. The molecule has 2 aromatic carbocycles. The zero-order valence-electron chi connectivity index (χ0n) is 14.0. The molecule has 0 bridgehead atoms. The minimum Gasteiger partial charge on any atom is -0.481 e. The Kier molecular flexibility index (Phi) is 4.42.